The molecule has 2 heterocycles. The number of hydrogen-bond donors (Lipinski definition) is 0. The average molecular weight is 296 g/mol. The summed E-state index contributed by atoms with van der Waals surface area (Å²) >= 11 is 0. The number of likely N-dealkylation sites (N-methyl/N-ethyl adjacent to an activating group) is 1. The summed E-state index contributed by atoms with van der Waals surface area (Å²) in [6.07, 6.45) is 5.62. The molecule has 3 rings (SSSR count). The molecule has 0 atom stereocenters. The molecule has 0 bridgehead atoms. The SMILES string of the molecule is COc1cccc2ccc(CN(C)CCn3ccnc3)nc12. The summed E-state index contributed by atoms with van der Waals surface area (Å²) in [6.45, 7) is 2.68. The molecule has 5 nitrogen and oxygen atoms in total. The minimum Gasteiger partial charge on any atom is -0.494 e. The van der Waals surface area contributed by atoms with E-state index < -0.39 is 0 Å². The van der Waals surface area contributed by atoms with E-state index in [-0.39, 0.29) is 0 Å². The molecule has 0 aliphatic rings. The quantitative estimate of drug-likeness (QED) is 0.701. The van der Waals surface area contributed by atoms with Gasteiger partial charge in [-0.2, -0.15) is 0 Å². The van der Waals surface area contributed by atoms with Crippen molar-refractivity contribution in [2.24, 2.45) is 0 Å². The monoisotopic (exact) mass is 296 g/mol. The number of imidazole rings is 1. The van der Waals surface area contributed by atoms with Crippen LogP contribution in [0.5, 0.6) is 5.75 Å². The molecule has 0 aliphatic heterocycles. The van der Waals surface area contributed by atoms with Crippen molar-refractivity contribution in [2.75, 3.05) is 20.7 Å². The second kappa shape index (κ2) is 6.58. The zero-order valence-corrected chi connectivity index (χ0v) is 12.9. The van der Waals surface area contributed by atoms with Gasteiger partial charge in [0.25, 0.3) is 0 Å². The van der Waals surface area contributed by atoms with Crippen molar-refractivity contribution >= 4 is 10.9 Å². The third kappa shape index (κ3) is 3.26. The van der Waals surface area contributed by atoms with E-state index in [1.165, 1.54) is 0 Å². The molecule has 0 aliphatic carbocycles. The van der Waals surface area contributed by atoms with Gasteiger partial charge in [0, 0.05) is 37.4 Å². The first-order chi connectivity index (χ1) is 10.8. The smallest absolute Gasteiger partial charge is 0.145 e. The predicted molar refractivity (Wildman–Crippen MR) is 86.9 cm³/mol. The molecule has 0 amide bonds. The van der Waals surface area contributed by atoms with Crippen molar-refractivity contribution in [1.82, 2.24) is 19.4 Å². The molecular formula is C17H20N4O. The van der Waals surface area contributed by atoms with Gasteiger partial charge in [0.05, 0.1) is 19.1 Å². The van der Waals surface area contributed by atoms with Crippen LogP contribution in [0.4, 0.5) is 0 Å². The van der Waals surface area contributed by atoms with Crippen molar-refractivity contribution in [3.8, 4) is 5.75 Å². The van der Waals surface area contributed by atoms with Gasteiger partial charge in [-0.25, -0.2) is 9.97 Å². The van der Waals surface area contributed by atoms with Crippen LogP contribution in [0, 0.1) is 0 Å². The van der Waals surface area contributed by atoms with E-state index in [2.05, 4.69) is 39.7 Å². The Balaban J connectivity index is 1.70. The van der Waals surface area contributed by atoms with Crippen LogP contribution >= 0.6 is 0 Å². The molecule has 0 saturated carbocycles. The topological polar surface area (TPSA) is 43.2 Å². The Kier molecular flexibility index (Phi) is 4.34. The van der Waals surface area contributed by atoms with Crippen molar-refractivity contribution in [3.05, 3.63) is 54.7 Å². The van der Waals surface area contributed by atoms with Crippen LogP contribution in [0.25, 0.3) is 10.9 Å². The number of pyridine rings is 1. The molecule has 3 aromatic rings. The Morgan fingerprint density at radius 1 is 1.23 bits per heavy atom. The first-order valence-electron chi connectivity index (χ1n) is 7.33. The molecule has 2 aromatic heterocycles. The van der Waals surface area contributed by atoms with Crippen molar-refractivity contribution in [2.45, 2.75) is 13.1 Å². The van der Waals surface area contributed by atoms with E-state index in [0.717, 1.165) is 42.0 Å². The number of hydrogen-bond acceptors (Lipinski definition) is 4. The number of ether oxygens (including phenoxy) is 1. The zero-order valence-electron chi connectivity index (χ0n) is 12.9. The Morgan fingerprint density at radius 3 is 2.91 bits per heavy atom. The first-order valence-corrected chi connectivity index (χ1v) is 7.33. The first kappa shape index (κ1) is 14.5. The minimum absolute atomic E-state index is 0.808. The summed E-state index contributed by atoms with van der Waals surface area (Å²) in [7, 11) is 3.78. The molecule has 0 saturated heterocycles. The predicted octanol–water partition coefficient (Wildman–Crippen LogP) is 2.57. The zero-order chi connectivity index (χ0) is 15.4. The van der Waals surface area contributed by atoms with E-state index in [4.69, 9.17) is 9.72 Å². The summed E-state index contributed by atoms with van der Waals surface area (Å²) < 4.78 is 7.47. The lowest BCUT2D eigenvalue weighted by Crippen LogP contribution is -2.23. The molecular weight excluding hydrogens is 276 g/mol. The fourth-order valence-corrected chi connectivity index (χ4v) is 2.47. The molecule has 1 aromatic carbocycles. The minimum atomic E-state index is 0.808. The summed E-state index contributed by atoms with van der Waals surface area (Å²) in [5.41, 5.74) is 1.97. The maximum Gasteiger partial charge on any atom is 0.145 e. The normalized spacial score (nSPS) is 11.2. The van der Waals surface area contributed by atoms with Crippen LogP contribution in [-0.2, 0) is 13.1 Å². The molecule has 5 heteroatoms. The largest absolute Gasteiger partial charge is 0.494 e. The molecule has 0 radical (unpaired) electrons. The van der Waals surface area contributed by atoms with Crippen LogP contribution in [0.1, 0.15) is 5.69 Å². The van der Waals surface area contributed by atoms with Gasteiger partial charge in [-0.15, -0.1) is 0 Å². The number of benzene rings is 1. The lowest BCUT2D eigenvalue weighted by atomic mass is 10.2. The second-order valence-electron chi connectivity index (χ2n) is 5.37. The van der Waals surface area contributed by atoms with Crippen molar-refractivity contribution in [3.63, 3.8) is 0 Å². The van der Waals surface area contributed by atoms with Crippen LogP contribution in [0.2, 0.25) is 0 Å². The number of aromatic nitrogens is 3. The van der Waals surface area contributed by atoms with Crippen molar-refractivity contribution in [1.29, 1.82) is 0 Å². The lowest BCUT2D eigenvalue weighted by molar-refractivity contribution is 0.308. The van der Waals surface area contributed by atoms with Crippen LogP contribution in [0.3, 0.4) is 0 Å². The number of fused-ring (bicyclic) bond motifs is 1. The third-order valence-corrected chi connectivity index (χ3v) is 3.69. The highest BCUT2D eigenvalue weighted by atomic mass is 16.5. The van der Waals surface area contributed by atoms with Gasteiger partial charge in [0.15, 0.2) is 0 Å². The maximum atomic E-state index is 5.40. The van der Waals surface area contributed by atoms with E-state index in [1.807, 2.05) is 24.7 Å². The van der Waals surface area contributed by atoms with Gasteiger partial charge in [-0.05, 0) is 19.2 Å². The standard InChI is InChI=1S/C17H20N4O/c1-20(10-11-21-9-8-18-13-21)12-15-7-6-14-4-3-5-16(22-2)17(14)19-15/h3-9,13H,10-12H2,1-2H3. The number of nitrogens with zero attached hydrogens (tertiary/aromatic N) is 4. The summed E-state index contributed by atoms with van der Waals surface area (Å²) in [6, 6.07) is 10.2. The highest BCUT2D eigenvalue weighted by Gasteiger charge is 2.06. The van der Waals surface area contributed by atoms with Gasteiger partial charge in [-0.1, -0.05) is 18.2 Å². The lowest BCUT2D eigenvalue weighted by Gasteiger charge is -2.17. The number of para-hydroxylation sites is 1. The van der Waals surface area contributed by atoms with Crippen LogP contribution in [-0.4, -0.2) is 40.1 Å². The number of rotatable bonds is 6. The summed E-state index contributed by atoms with van der Waals surface area (Å²) in [5, 5.41) is 1.10. The summed E-state index contributed by atoms with van der Waals surface area (Å²) in [5.74, 6) is 0.820. The van der Waals surface area contributed by atoms with Gasteiger partial charge in [-0.3, -0.25) is 4.90 Å². The number of methoxy groups -OCH3 is 1. The van der Waals surface area contributed by atoms with Gasteiger partial charge < -0.3 is 9.30 Å². The summed E-state index contributed by atoms with van der Waals surface area (Å²) in [4.78, 5) is 11.1. The second-order valence-corrected chi connectivity index (χ2v) is 5.37. The van der Waals surface area contributed by atoms with E-state index in [0.29, 0.717) is 0 Å². The molecule has 0 spiro atoms. The maximum absolute atomic E-state index is 5.40. The van der Waals surface area contributed by atoms with Gasteiger partial charge >= 0.3 is 0 Å². The third-order valence-electron chi connectivity index (χ3n) is 3.69. The van der Waals surface area contributed by atoms with Crippen LogP contribution < -0.4 is 4.74 Å². The Morgan fingerprint density at radius 2 is 2.14 bits per heavy atom. The van der Waals surface area contributed by atoms with E-state index in [1.54, 1.807) is 13.3 Å². The molecule has 0 N–H and O–H groups in total. The van der Waals surface area contributed by atoms with Crippen molar-refractivity contribution < 1.29 is 4.74 Å². The Bertz CT molecular complexity index is 740. The van der Waals surface area contributed by atoms with E-state index >= 15 is 0 Å². The van der Waals surface area contributed by atoms with E-state index in [9.17, 15) is 0 Å². The fourth-order valence-electron chi connectivity index (χ4n) is 2.47. The highest BCUT2D eigenvalue weighted by molar-refractivity contribution is 5.84. The Hall–Kier alpha value is -2.40. The molecule has 0 unspecified atom stereocenters. The molecule has 0 fully saturated rings. The molecule has 114 valence electrons. The van der Waals surface area contributed by atoms with Gasteiger partial charge in [0.1, 0.15) is 11.3 Å². The van der Waals surface area contributed by atoms with Gasteiger partial charge in [0.2, 0.25) is 0 Å². The highest BCUT2D eigenvalue weighted by Crippen LogP contribution is 2.23. The average Bonchev–Trinajstić information content (AvgIpc) is 3.06. The Labute approximate surface area is 130 Å². The fraction of sp³-hybridized carbons (Fsp3) is 0.294. The van der Waals surface area contributed by atoms with Crippen LogP contribution in [0.15, 0.2) is 49.1 Å². The molecule has 22 heavy (non-hydrogen) atoms.